The van der Waals surface area contributed by atoms with E-state index in [4.69, 9.17) is 14.2 Å². The van der Waals surface area contributed by atoms with Crippen molar-refractivity contribution in [2.24, 2.45) is 4.36 Å². The Kier molecular flexibility index (Phi) is 7.69. The van der Waals surface area contributed by atoms with Crippen LogP contribution >= 0.6 is 0 Å². The predicted molar refractivity (Wildman–Crippen MR) is 111 cm³/mol. The first kappa shape index (κ1) is 23.5. The summed E-state index contributed by atoms with van der Waals surface area (Å²) < 4.78 is 33.0. The van der Waals surface area contributed by atoms with Gasteiger partial charge in [-0.15, -0.1) is 4.36 Å². The molecule has 0 bridgehead atoms. The van der Waals surface area contributed by atoms with Gasteiger partial charge in [0.05, 0.1) is 17.1 Å². The van der Waals surface area contributed by atoms with Crippen LogP contribution in [0.15, 0.2) is 62.9 Å². The number of esters is 1. The molecule has 1 aromatic heterocycles. The van der Waals surface area contributed by atoms with E-state index in [1.807, 2.05) is 0 Å². The van der Waals surface area contributed by atoms with Crippen molar-refractivity contribution in [2.75, 3.05) is 13.7 Å². The van der Waals surface area contributed by atoms with Crippen molar-refractivity contribution >= 4 is 21.8 Å². The Morgan fingerprint density at radius 3 is 2.33 bits per heavy atom. The normalized spacial score (nSPS) is 14.3. The molecule has 0 radical (unpaired) electrons. The summed E-state index contributed by atoms with van der Waals surface area (Å²) in [7, 11) is -1.91. The van der Waals surface area contributed by atoms with Gasteiger partial charge < -0.3 is 14.2 Å². The van der Waals surface area contributed by atoms with Crippen LogP contribution < -0.4 is 0 Å². The molecule has 1 aromatic carbocycles. The molecular formula is C21H26N2O6S. The lowest BCUT2D eigenvalue weighted by molar-refractivity contribution is 0.0120. The molecule has 0 saturated heterocycles. The number of benzene rings is 1. The number of ether oxygens (including phenoxy) is 3. The molecule has 2 atom stereocenters. The van der Waals surface area contributed by atoms with E-state index >= 15 is 0 Å². The molecule has 0 spiro atoms. The minimum Gasteiger partial charge on any atom is -0.457 e. The summed E-state index contributed by atoms with van der Waals surface area (Å²) in [6, 6.07) is 10.7. The second-order valence-corrected chi connectivity index (χ2v) is 9.59. The van der Waals surface area contributed by atoms with Crippen LogP contribution in [0.25, 0.3) is 0 Å². The van der Waals surface area contributed by atoms with Crippen LogP contribution in [-0.4, -0.2) is 46.7 Å². The number of hydrogen-bond acceptors (Lipinski definition) is 7. The summed E-state index contributed by atoms with van der Waals surface area (Å²) in [6.07, 6.45) is 0.0832. The van der Waals surface area contributed by atoms with E-state index in [2.05, 4.69) is 9.35 Å². The predicted octanol–water partition coefficient (Wildman–Crippen LogP) is 4.09. The molecule has 1 heterocycles. The van der Waals surface area contributed by atoms with Crippen molar-refractivity contribution in [1.82, 2.24) is 4.98 Å². The van der Waals surface area contributed by atoms with Crippen molar-refractivity contribution < 1.29 is 28.0 Å². The van der Waals surface area contributed by atoms with Crippen molar-refractivity contribution in [3.05, 3.63) is 54.2 Å². The number of amides is 1. The van der Waals surface area contributed by atoms with Gasteiger partial charge in [-0.05, 0) is 64.1 Å². The van der Waals surface area contributed by atoms with Crippen LogP contribution in [0.3, 0.4) is 0 Å². The van der Waals surface area contributed by atoms with Crippen molar-refractivity contribution in [3.8, 4) is 0 Å². The SMILES string of the molecule is COCC(C)OC(=O)c1ccc(S(=O)(=NC(=O)OC(C)(C)C)c2ccccn2)cc1. The molecule has 2 aromatic rings. The Morgan fingerprint density at radius 2 is 1.80 bits per heavy atom. The molecule has 0 aliphatic carbocycles. The molecule has 0 aliphatic rings. The number of carbonyl (C=O) groups is 2. The molecule has 2 unspecified atom stereocenters. The summed E-state index contributed by atoms with van der Waals surface area (Å²) in [5, 5.41) is 0.111. The van der Waals surface area contributed by atoms with E-state index < -0.39 is 33.5 Å². The van der Waals surface area contributed by atoms with Gasteiger partial charge in [-0.2, -0.15) is 0 Å². The first-order chi connectivity index (χ1) is 14.0. The molecule has 0 fully saturated rings. The van der Waals surface area contributed by atoms with Gasteiger partial charge in [-0.3, -0.25) is 0 Å². The highest BCUT2D eigenvalue weighted by atomic mass is 32.2. The number of hydrogen-bond donors (Lipinski definition) is 0. The smallest absolute Gasteiger partial charge is 0.443 e. The fourth-order valence-corrected chi connectivity index (χ4v) is 4.07. The van der Waals surface area contributed by atoms with Crippen LogP contribution in [-0.2, 0) is 23.9 Å². The Morgan fingerprint density at radius 1 is 1.13 bits per heavy atom. The van der Waals surface area contributed by atoms with Crippen molar-refractivity contribution in [2.45, 2.75) is 49.3 Å². The monoisotopic (exact) mass is 434 g/mol. The van der Waals surface area contributed by atoms with Gasteiger partial charge in [0, 0.05) is 13.3 Å². The van der Waals surface area contributed by atoms with Crippen LogP contribution in [0.1, 0.15) is 38.1 Å². The van der Waals surface area contributed by atoms with Crippen LogP contribution in [0.2, 0.25) is 0 Å². The Hall–Kier alpha value is -2.78. The van der Waals surface area contributed by atoms with Crippen molar-refractivity contribution in [3.63, 3.8) is 0 Å². The maximum absolute atomic E-state index is 13.8. The van der Waals surface area contributed by atoms with Gasteiger partial charge in [-0.25, -0.2) is 18.8 Å². The van der Waals surface area contributed by atoms with E-state index in [9.17, 15) is 13.8 Å². The van der Waals surface area contributed by atoms with Gasteiger partial charge in [-0.1, -0.05) is 6.07 Å². The molecule has 1 amide bonds. The van der Waals surface area contributed by atoms with E-state index in [1.165, 1.54) is 43.6 Å². The summed E-state index contributed by atoms with van der Waals surface area (Å²) in [5.41, 5.74) is -0.529. The van der Waals surface area contributed by atoms with E-state index in [0.717, 1.165) is 0 Å². The molecule has 2 rings (SSSR count). The third kappa shape index (κ3) is 6.36. The highest BCUT2D eigenvalue weighted by Gasteiger charge is 2.23. The van der Waals surface area contributed by atoms with Crippen LogP contribution in [0.4, 0.5) is 4.79 Å². The van der Waals surface area contributed by atoms with Gasteiger partial charge >= 0.3 is 12.1 Å². The molecule has 162 valence electrons. The lowest BCUT2D eigenvalue weighted by atomic mass is 10.2. The number of pyridine rings is 1. The van der Waals surface area contributed by atoms with E-state index in [-0.39, 0.29) is 22.1 Å². The van der Waals surface area contributed by atoms with Gasteiger partial charge in [0.25, 0.3) is 0 Å². The zero-order valence-corrected chi connectivity index (χ0v) is 18.5. The second kappa shape index (κ2) is 9.82. The topological polar surface area (TPSA) is 104 Å². The average Bonchev–Trinajstić information content (AvgIpc) is 2.67. The zero-order chi connectivity index (χ0) is 22.4. The van der Waals surface area contributed by atoms with Gasteiger partial charge in [0.1, 0.15) is 26.5 Å². The number of rotatable bonds is 6. The second-order valence-electron chi connectivity index (χ2n) is 7.46. The Bertz CT molecular complexity index is 990. The number of nitrogens with zero attached hydrogens (tertiary/aromatic N) is 2. The molecule has 0 aliphatic heterocycles. The largest absolute Gasteiger partial charge is 0.457 e. The maximum atomic E-state index is 13.8. The van der Waals surface area contributed by atoms with Crippen LogP contribution in [0.5, 0.6) is 0 Å². The molecule has 8 nitrogen and oxygen atoms in total. The third-order valence-corrected chi connectivity index (χ3v) is 5.76. The average molecular weight is 435 g/mol. The van der Waals surface area contributed by atoms with Crippen LogP contribution in [0, 0.1) is 0 Å². The van der Waals surface area contributed by atoms with E-state index in [1.54, 1.807) is 39.8 Å². The number of carbonyl (C=O) groups excluding carboxylic acids is 2. The van der Waals surface area contributed by atoms with E-state index in [0.29, 0.717) is 0 Å². The first-order valence-corrected chi connectivity index (χ1v) is 10.8. The minimum atomic E-state index is -3.42. The Balaban J connectivity index is 2.42. The lowest BCUT2D eigenvalue weighted by Gasteiger charge is -2.18. The molecule has 30 heavy (non-hydrogen) atoms. The summed E-state index contributed by atoms with van der Waals surface area (Å²) in [4.78, 5) is 28.9. The number of aromatic nitrogens is 1. The summed E-state index contributed by atoms with van der Waals surface area (Å²) in [5.74, 6) is -0.542. The highest BCUT2D eigenvalue weighted by Crippen LogP contribution is 2.24. The van der Waals surface area contributed by atoms with Gasteiger partial charge in [0.15, 0.2) is 0 Å². The zero-order valence-electron chi connectivity index (χ0n) is 17.7. The lowest BCUT2D eigenvalue weighted by Crippen LogP contribution is -2.23. The third-order valence-electron chi connectivity index (χ3n) is 3.64. The highest BCUT2D eigenvalue weighted by molar-refractivity contribution is 7.94. The fraction of sp³-hybridized carbons (Fsp3) is 0.381. The summed E-state index contributed by atoms with van der Waals surface area (Å²) >= 11 is 0. The Labute approximate surface area is 176 Å². The summed E-state index contributed by atoms with van der Waals surface area (Å²) in [6.45, 7) is 7.05. The molecule has 0 saturated carbocycles. The molecular weight excluding hydrogens is 408 g/mol. The maximum Gasteiger partial charge on any atom is 0.443 e. The van der Waals surface area contributed by atoms with Gasteiger partial charge in [0.2, 0.25) is 0 Å². The standard InChI is InChI=1S/C21H26N2O6S/c1-15(14-27-5)28-19(24)16-9-11-17(12-10-16)30(26,18-8-6-7-13-22-18)23-20(25)29-21(2,3)4/h6-13,15H,14H2,1-5H3. The quantitative estimate of drug-likeness (QED) is 0.631. The number of methoxy groups -OCH3 is 1. The minimum absolute atomic E-state index is 0.111. The molecule has 0 N–H and O–H groups in total. The fourth-order valence-electron chi connectivity index (χ4n) is 2.41. The molecule has 9 heteroatoms. The van der Waals surface area contributed by atoms with Crippen molar-refractivity contribution in [1.29, 1.82) is 0 Å². The first-order valence-electron chi connectivity index (χ1n) is 9.26.